The van der Waals surface area contributed by atoms with Crippen LogP contribution >= 0.6 is 11.6 Å². The summed E-state index contributed by atoms with van der Waals surface area (Å²) < 4.78 is 14.3. The van der Waals surface area contributed by atoms with Crippen molar-refractivity contribution in [1.29, 1.82) is 0 Å². The Morgan fingerprint density at radius 3 is 2.81 bits per heavy atom. The van der Waals surface area contributed by atoms with Gasteiger partial charge >= 0.3 is 0 Å². The second kappa shape index (κ2) is 8.62. The summed E-state index contributed by atoms with van der Waals surface area (Å²) >= 11 is 6.27. The standard InChI is InChI=1S/C21H23ClN6O4/c1-13(11-29)19-24-20(32-25-19)17-18-21(30)27(5-4-26-6-8-31-9-7-26)16-10-14(22)2-3-15(16)28(18)12-23-17/h2-3,10,12-13,29H,4-9,11H2,1H3. The Kier molecular flexibility index (Phi) is 5.68. The molecule has 4 aromatic rings. The highest BCUT2D eigenvalue weighted by Gasteiger charge is 2.23. The molecule has 0 bridgehead atoms. The number of hydrogen-bond acceptors (Lipinski definition) is 8. The van der Waals surface area contributed by atoms with Crippen molar-refractivity contribution in [1.82, 2.24) is 29.0 Å². The summed E-state index contributed by atoms with van der Waals surface area (Å²) in [6.45, 7) is 5.94. The van der Waals surface area contributed by atoms with Gasteiger partial charge in [-0.2, -0.15) is 4.98 Å². The predicted molar refractivity (Wildman–Crippen MR) is 118 cm³/mol. The van der Waals surface area contributed by atoms with E-state index in [0.29, 0.717) is 48.4 Å². The maximum atomic E-state index is 13.7. The molecular formula is C21H23ClN6O4. The fraction of sp³-hybridized carbons (Fsp3) is 0.429. The van der Waals surface area contributed by atoms with Gasteiger partial charge in [0.25, 0.3) is 11.4 Å². The maximum Gasteiger partial charge on any atom is 0.278 e. The third kappa shape index (κ3) is 3.69. The van der Waals surface area contributed by atoms with Crippen molar-refractivity contribution in [2.75, 3.05) is 39.5 Å². The highest BCUT2D eigenvalue weighted by molar-refractivity contribution is 6.31. The van der Waals surface area contributed by atoms with Gasteiger partial charge in [-0.15, -0.1) is 0 Å². The van der Waals surface area contributed by atoms with Crippen LogP contribution in [0.2, 0.25) is 5.02 Å². The molecule has 1 saturated heterocycles. The van der Waals surface area contributed by atoms with Crippen molar-refractivity contribution in [2.45, 2.75) is 19.4 Å². The molecular weight excluding hydrogens is 436 g/mol. The van der Waals surface area contributed by atoms with Gasteiger partial charge in [-0.1, -0.05) is 23.7 Å². The molecule has 168 valence electrons. The van der Waals surface area contributed by atoms with Crippen molar-refractivity contribution in [3.8, 4) is 11.6 Å². The van der Waals surface area contributed by atoms with Crippen LogP contribution in [0.5, 0.6) is 0 Å². The van der Waals surface area contributed by atoms with E-state index in [2.05, 4.69) is 20.0 Å². The number of aliphatic hydroxyl groups is 1. The molecule has 0 radical (unpaired) electrons. The lowest BCUT2D eigenvalue weighted by molar-refractivity contribution is 0.0364. The third-order valence-electron chi connectivity index (χ3n) is 5.81. The minimum atomic E-state index is -0.283. The molecule has 0 saturated carbocycles. The first-order valence-electron chi connectivity index (χ1n) is 10.5. The van der Waals surface area contributed by atoms with Crippen LogP contribution in [-0.4, -0.2) is 73.6 Å². The van der Waals surface area contributed by atoms with Crippen LogP contribution in [0.4, 0.5) is 0 Å². The molecule has 32 heavy (non-hydrogen) atoms. The third-order valence-corrected chi connectivity index (χ3v) is 6.04. The van der Waals surface area contributed by atoms with Gasteiger partial charge < -0.3 is 18.9 Å². The summed E-state index contributed by atoms with van der Waals surface area (Å²) in [6.07, 6.45) is 1.58. The zero-order valence-corrected chi connectivity index (χ0v) is 18.3. The summed E-state index contributed by atoms with van der Waals surface area (Å²) in [5, 5.41) is 13.9. The summed E-state index contributed by atoms with van der Waals surface area (Å²) in [6, 6.07) is 5.45. The van der Waals surface area contributed by atoms with E-state index < -0.39 is 0 Å². The first-order valence-corrected chi connectivity index (χ1v) is 10.9. The number of hydrogen-bond donors (Lipinski definition) is 1. The number of aliphatic hydroxyl groups excluding tert-OH is 1. The SMILES string of the molecule is CC(CO)c1noc(-c2ncn3c2c(=O)n(CCN2CCOCC2)c2cc(Cl)ccc23)n1. The highest BCUT2D eigenvalue weighted by Crippen LogP contribution is 2.26. The Balaban J connectivity index is 1.64. The van der Waals surface area contributed by atoms with E-state index in [1.165, 1.54) is 0 Å². The molecule has 10 nitrogen and oxygen atoms in total. The number of imidazole rings is 1. The van der Waals surface area contributed by atoms with Crippen molar-refractivity contribution in [3.05, 3.63) is 45.7 Å². The minimum Gasteiger partial charge on any atom is -0.396 e. The average Bonchev–Trinajstić information content (AvgIpc) is 3.47. The lowest BCUT2D eigenvalue weighted by Gasteiger charge is -2.27. The molecule has 1 N–H and O–H groups in total. The zero-order chi connectivity index (χ0) is 22.2. The molecule has 0 spiro atoms. The van der Waals surface area contributed by atoms with Crippen LogP contribution in [0.15, 0.2) is 33.8 Å². The Hall–Kier alpha value is -2.79. The Morgan fingerprint density at radius 2 is 2.03 bits per heavy atom. The number of aromatic nitrogens is 5. The highest BCUT2D eigenvalue weighted by atomic mass is 35.5. The number of morpholine rings is 1. The molecule has 1 aliphatic heterocycles. The summed E-state index contributed by atoms with van der Waals surface area (Å²) in [5.74, 6) is 0.228. The van der Waals surface area contributed by atoms with Crippen molar-refractivity contribution in [3.63, 3.8) is 0 Å². The smallest absolute Gasteiger partial charge is 0.278 e. The molecule has 11 heteroatoms. The zero-order valence-electron chi connectivity index (χ0n) is 17.6. The van der Waals surface area contributed by atoms with Crippen molar-refractivity contribution < 1.29 is 14.4 Å². The molecule has 1 aliphatic rings. The van der Waals surface area contributed by atoms with E-state index >= 15 is 0 Å². The predicted octanol–water partition coefficient (Wildman–Crippen LogP) is 1.78. The monoisotopic (exact) mass is 458 g/mol. The second-order valence-electron chi connectivity index (χ2n) is 7.90. The Labute approximate surface area is 188 Å². The minimum absolute atomic E-state index is 0.108. The average molecular weight is 459 g/mol. The molecule has 1 atom stereocenters. The van der Waals surface area contributed by atoms with Gasteiger partial charge in [-0.3, -0.25) is 14.1 Å². The van der Waals surface area contributed by atoms with Gasteiger partial charge in [0.1, 0.15) is 11.8 Å². The number of ether oxygens (including phenoxy) is 1. The van der Waals surface area contributed by atoms with Gasteiger partial charge in [0.05, 0.1) is 30.9 Å². The number of fused-ring (bicyclic) bond motifs is 3. The summed E-state index contributed by atoms with van der Waals surface area (Å²) in [4.78, 5) is 24.7. The van der Waals surface area contributed by atoms with E-state index in [1.807, 2.05) is 6.07 Å². The van der Waals surface area contributed by atoms with Crippen molar-refractivity contribution in [2.24, 2.45) is 0 Å². The van der Waals surface area contributed by atoms with Crippen LogP contribution in [0.3, 0.4) is 0 Å². The number of rotatable bonds is 6. The van der Waals surface area contributed by atoms with Crippen molar-refractivity contribution >= 4 is 28.2 Å². The normalized spacial score (nSPS) is 16.2. The van der Waals surface area contributed by atoms with Gasteiger partial charge in [-0.05, 0) is 18.2 Å². The summed E-state index contributed by atoms with van der Waals surface area (Å²) in [7, 11) is 0. The summed E-state index contributed by atoms with van der Waals surface area (Å²) in [5.41, 5.74) is 1.99. The Morgan fingerprint density at radius 1 is 1.22 bits per heavy atom. The van der Waals surface area contributed by atoms with E-state index in [4.69, 9.17) is 20.9 Å². The van der Waals surface area contributed by atoms with Crippen LogP contribution in [0.1, 0.15) is 18.7 Å². The molecule has 5 rings (SSSR count). The van der Waals surface area contributed by atoms with Crippen LogP contribution in [-0.2, 0) is 11.3 Å². The molecule has 1 unspecified atom stereocenters. The lowest BCUT2D eigenvalue weighted by atomic mass is 10.2. The second-order valence-corrected chi connectivity index (χ2v) is 8.33. The van der Waals surface area contributed by atoms with Crippen LogP contribution < -0.4 is 5.56 Å². The van der Waals surface area contributed by atoms with Gasteiger partial charge in [0.15, 0.2) is 11.5 Å². The van der Waals surface area contributed by atoms with E-state index in [1.54, 1.807) is 34.4 Å². The molecule has 3 aromatic heterocycles. The van der Waals surface area contributed by atoms with Crippen LogP contribution in [0.25, 0.3) is 28.1 Å². The number of benzene rings is 1. The molecule has 0 aliphatic carbocycles. The topological polar surface area (TPSA) is 111 Å². The first kappa shape index (κ1) is 21.1. The Bertz CT molecular complexity index is 1320. The van der Waals surface area contributed by atoms with Gasteiger partial charge in [-0.25, -0.2) is 4.98 Å². The molecule has 0 amide bonds. The number of halogens is 1. The van der Waals surface area contributed by atoms with Crippen LogP contribution in [0, 0.1) is 0 Å². The van der Waals surface area contributed by atoms with Gasteiger partial charge in [0.2, 0.25) is 0 Å². The van der Waals surface area contributed by atoms with E-state index in [9.17, 15) is 9.90 Å². The molecule has 4 heterocycles. The lowest BCUT2D eigenvalue weighted by Crippen LogP contribution is -2.39. The molecule has 1 fully saturated rings. The first-order chi connectivity index (χ1) is 15.6. The fourth-order valence-corrected chi connectivity index (χ4v) is 4.11. The van der Waals surface area contributed by atoms with E-state index in [0.717, 1.165) is 24.1 Å². The largest absolute Gasteiger partial charge is 0.396 e. The number of nitrogens with zero attached hydrogens (tertiary/aromatic N) is 6. The molecule has 1 aromatic carbocycles. The quantitative estimate of drug-likeness (QED) is 0.465. The maximum absolute atomic E-state index is 13.7. The fourth-order valence-electron chi connectivity index (χ4n) is 3.95. The van der Waals surface area contributed by atoms with E-state index in [-0.39, 0.29) is 24.0 Å². The van der Waals surface area contributed by atoms with Gasteiger partial charge in [0, 0.05) is 37.1 Å².